The molecule has 1 aromatic rings. The summed E-state index contributed by atoms with van der Waals surface area (Å²) < 4.78 is 0. The van der Waals surface area contributed by atoms with Crippen molar-refractivity contribution in [2.45, 2.75) is 69.4 Å². The molecule has 1 amide bonds. The molecule has 3 fully saturated rings. The number of hydrogen-bond acceptors (Lipinski definition) is 3. The number of fused-ring (bicyclic) bond motifs is 1. The van der Waals surface area contributed by atoms with Crippen LogP contribution in [0.15, 0.2) is 18.2 Å². The Morgan fingerprint density at radius 2 is 2.12 bits per heavy atom. The van der Waals surface area contributed by atoms with Gasteiger partial charge in [0, 0.05) is 35.9 Å². The second kappa shape index (κ2) is 5.66. The summed E-state index contributed by atoms with van der Waals surface area (Å²) in [5.41, 5.74) is 8.65. The number of Topliss-reactive ketones (excluding diaryl/α,β-unsaturated/α-hetero) is 1. The van der Waals surface area contributed by atoms with Gasteiger partial charge in [-0.05, 0) is 80.7 Å². The smallest absolute Gasteiger partial charge is 0.248 e. The van der Waals surface area contributed by atoms with Gasteiger partial charge < -0.3 is 5.73 Å². The number of likely N-dealkylation sites (tertiary alicyclic amines) is 1. The fourth-order valence-electron chi connectivity index (χ4n) is 6.36. The predicted octanol–water partition coefficient (Wildman–Crippen LogP) is 2.82. The molecule has 0 aromatic heterocycles. The number of nitrogens with two attached hydrogens (primary N) is 1. The summed E-state index contributed by atoms with van der Waals surface area (Å²) in [7, 11) is 0. The molecule has 4 aliphatic rings. The van der Waals surface area contributed by atoms with E-state index in [2.05, 4.69) is 17.9 Å². The first-order valence-corrected chi connectivity index (χ1v) is 10.2. The van der Waals surface area contributed by atoms with Gasteiger partial charge in [0.25, 0.3) is 0 Å². The minimum atomic E-state index is -0.371. The number of primary amides is 1. The van der Waals surface area contributed by atoms with Gasteiger partial charge in [0.05, 0.1) is 0 Å². The van der Waals surface area contributed by atoms with Crippen molar-refractivity contribution in [3.63, 3.8) is 0 Å². The summed E-state index contributed by atoms with van der Waals surface area (Å²) in [6.07, 6.45) is 7.19. The molecule has 3 unspecified atom stereocenters. The molecule has 3 aliphatic carbocycles. The summed E-state index contributed by atoms with van der Waals surface area (Å²) in [4.78, 5) is 27.0. The predicted molar refractivity (Wildman–Crippen MR) is 100.0 cm³/mol. The zero-order valence-corrected chi connectivity index (χ0v) is 15.5. The topological polar surface area (TPSA) is 63.4 Å². The van der Waals surface area contributed by atoms with E-state index in [9.17, 15) is 9.59 Å². The number of piperidine rings is 1. The number of nitrogens with zero attached hydrogens (tertiary/aromatic N) is 1. The van der Waals surface area contributed by atoms with Crippen LogP contribution in [0.4, 0.5) is 0 Å². The number of ketones is 1. The van der Waals surface area contributed by atoms with Crippen molar-refractivity contribution >= 4 is 11.7 Å². The van der Waals surface area contributed by atoms with Gasteiger partial charge in [0.1, 0.15) is 5.78 Å². The lowest BCUT2D eigenvalue weighted by Gasteiger charge is -2.60. The van der Waals surface area contributed by atoms with Crippen molar-refractivity contribution in [1.82, 2.24) is 4.90 Å². The van der Waals surface area contributed by atoms with Gasteiger partial charge in [-0.1, -0.05) is 6.07 Å². The molecular weight excluding hydrogens is 324 g/mol. The van der Waals surface area contributed by atoms with E-state index in [0.717, 1.165) is 38.1 Å². The Morgan fingerprint density at radius 3 is 2.85 bits per heavy atom. The molecule has 1 aromatic carbocycles. The van der Waals surface area contributed by atoms with Crippen molar-refractivity contribution in [2.24, 2.45) is 17.6 Å². The third-order valence-electron chi connectivity index (χ3n) is 7.85. The second-order valence-electron chi connectivity index (χ2n) is 9.09. The molecule has 2 saturated carbocycles. The van der Waals surface area contributed by atoms with E-state index in [1.54, 1.807) is 0 Å². The molecule has 2 N–H and O–H groups in total. The van der Waals surface area contributed by atoms with Crippen molar-refractivity contribution in [1.29, 1.82) is 0 Å². The molecule has 138 valence electrons. The first kappa shape index (κ1) is 16.5. The van der Waals surface area contributed by atoms with Crippen LogP contribution in [0.2, 0.25) is 0 Å². The zero-order chi connectivity index (χ0) is 18.1. The van der Waals surface area contributed by atoms with Crippen LogP contribution in [0.5, 0.6) is 0 Å². The Morgan fingerprint density at radius 1 is 1.31 bits per heavy atom. The maximum Gasteiger partial charge on any atom is 0.248 e. The summed E-state index contributed by atoms with van der Waals surface area (Å²) in [5, 5.41) is 0. The lowest BCUT2D eigenvalue weighted by atomic mass is 9.52. The quantitative estimate of drug-likeness (QED) is 0.910. The molecule has 4 heteroatoms. The number of benzene rings is 1. The largest absolute Gasteiger partial charge is 0.366 e. The summed E-state index contributed by atoms with van der Waals surface area (Å²) in [6.45, 7) is 3.48. The van der Waals surface area contributed by atoms with Crippen molar-refractivity contribution < 1.29 is 9.59 Å². The van der Waals surface area contributed by atoms with Crippen LogP contribution in [-0.2, 0) is 16.6 Å². The Hall–Kier alpha value is -1.68. The number of carbonyl (C=O) groups is 2. The molecule has 0 radical (unpaired) electrons. The van der Waals surface area contributed by atoms with E-state index in [1.807, 2.05) is 12.1 Å². The van der Waals surface area contributed by atoms with E-state index < -0.39 is 0 Å². The fourth-order valence-corrected chi connectivity index (χ4v) is 6.36. The molecule has 26 heavy (non-hydrogen) atoms. The van der Waals surface area contributed by atoms with E-state index in [0.29, 0.717) is 35.8 Å². The van der Waals surface area contributed by atoms with Gasteiger partial charge in [-0.2, -0.15) is 0 Å². The number of hydrogen-bond donors (Lipinski definition) is 1. The highest BCUT2D eigenvalue weighted by atomic mass is 16.1. The monoisotopic (exact) mass is 352 g/mol. The first-order chi connectivity index (χ1) is 12.5. The van der Waals surface area contributed by atoms with Crippen LogP contribution in [0.25, 0.3) is 0 Å². The summed E-state index contributed by atoms with van der Waals surface area (Å²) >= 11 is 0. The van der Waals surface area contributed by atoms with E-state index in [1.165, 1.54) is 24.0 Å². The van der Waals surface area contributed by atoms with Crippen LogP contribution >= 0.6 is 0 Å². The minimum absolute atomic E-state index is 0.0706. The lowest BCUT2D eigenvalue weighted by Crippen LogP contribution is -2.63. The highest BCUT2D eigenvalue weighted by Gasteiger charge is 2.56. The molecule has 4 atom stereocenters. The second-order valence-corrected chi connectivity index (χ2v) is 9.09. The van der Waals surface area contributed by atoms with Gasteiger partial charge in [0.15, 0.2) is 0 Å². The lowest BCUT2D eigenvalue weighted by molar-refractivity contribution is -0.128. The molecule has 1 aliphatic heterocycles. The average molecular weight is 352 g/mol. The Bertz CT molecular complexity index is 784. The Balaban J connectivity index is 1.61. The third kappa shape index (κ3) is 2.31. The first-order valence-electron chi connectivity index (χ1n) is 10.2. The number of rotatable bonds is 3. The van der Waals surface area contributed by atoms with Gasteiger partial charge in [-0.25, -0.2) is 0 Å². The molecule has 1 saturated heterocycles. The van der Waals surface area contributed by atoms with Gasteiger partial charge in [-0.3, -0.25) is 14.5 Å². The number of carbonyl (C=O) groups excluding carboxylic acids is 2. The minimum Gasteiger partial charge on any atom is -0.366 e. The number of amides is 1. The van der Waals surface area contributed by atoms with Crippen molar-refractivity contribution in [3.8, 4) is 0 Å². The van der Waals surface area contributed by atoms with Gasteiger partial charge >= 0.3 is 0 Å². The zero-order valence-electron chi connectivity index (χ0n) is 15.5. The normalized spacial score (nSPS) is 34.7. The molecule has 5 rings (SSSR count). The molecule has 4 nitrogen and oxygen atoms in total. The summed E-state index contributed by atoms with van der Waals surface area (Å²) in [5.74, 6) is 1.42. The molecule has 1 heterocycles. The van der Waals surface area contributed by atoms with Crippen LogP contribution < -0.4 is 5.73 Å². The van der Waals surface area contributed by atoms with Crippen molar-refractivity contribution in [2.75, 3.05) is 6.54 Å². The molecule has 2 bridgehead atoms. The highest BCUT2D eigenvalue weighted by molar-refractivity contribution is 5.93. The van der Waals surface area contributed by atoms with Crippen LogP contribution in [0, 0.1) is 11.8 Å². The van der Waals surface area contributed by atoms with Crippen LogP contribution in [0.3, 0.4) is 0 Å². The van der Waals surface area contributed by atoms with Crippen LogP contribution in [-0.4, -0.2) is 35.2 Å². The Labute approximate surface area is 155 Å². The average Bonchev–Trinajstić information content (AvgIpc) is 3.45. The SMILES string of the molecule is C[C@@H](C1CC1)N1CCC23CC(=O)CCC2C1Cc1ccc(C(N)=O)cc13. The highest BCUT2D eigenvalue weighted by Crippen LogP contribution is 2.56. The van der Waals surface area contributed by atoms with Gasteiger partial charge in [0.2, 0.25) is 5.91 Å². The fraction of sp³-hybridized carbons (Fsp3) is 0.636. The maximum absolute atomic E-state index is 12.5. The summed E-state index contributed by atoms with van der Waals surface area (Å²) in [6, 6.07) is 7.18. The Kier molecular flexibility index (Phi) is 3.59. The van der Waals surface area contributed by atoms with Crippen molar-refractivity contribution in [3.05, 3.63) is 34.9 Å². The maximum atomic E-state index is 12.5. The standard InChI is InChI=1S/C22H28N2O2/c1-13(14-2-3-14)24-9-8-22-12-17(25)6-7-18(22)20(24)11-15-4-5-16(21(23)26)10-19(15)22/h4-5,10,13-14,18,20H,2-3,6-9,11-12H2,1H3,(H2,23,26)/t13-,18?,20?,22?/m0/s1. The third-order valence-corrected chi connectivity index (χ3v) is 7.85. The van der Waals surface area contributed by atoms with Crippen LogP contribution in [0.1, 0.15) is 66.9 Å². The van der Waals surface area contributed by atoms with E-state index in [-0.39, 0.29) is 11.3 Å². The molecule has 0 spiro atoms. The molecular formula is C22H28N2O2. The van der Waals surface area contributed by atoms with E-state index in [4.69, 9.17) is 5.73 Å². The van der Waals surface area contributed by atoms with Gasteiger partial charge in [-0.15, -0.1) is 0 Å². The van der Waals surface area contributed by atoms with E-state index >= 15 is 0 Å².